The lowest BCUT2D eigenvalue weighted by Gasteiger charge is -2.42. The number of carbonyl (C=O) groups excluding carboxylic acids is 1. The highest BCUT2D eigenvalue weighted by atomic mass is 19.4. The van der Waals surface area contributed by atoms with Gasteiger partial charge in [-0.05, 0) is 48.8 Å². The van der Waals surface area contributed by atoms with Gasteiger partial charge in [0, 0.05) is 26.1 Å². The molecule has 0 aromatic heterocycles. The maximum Gasteiger partial charge on any atom is 0.416 e. The molecule has 29 heavy (non-hydrogen) atoms. The second-order valence-corrected chi connectivity index (χ2v) is 8.66. The van der Waals surface area contributed by atoms with E-state index in [2.05, 4.69) is 4.90 Å². The van der Waals surface area contributed by atoms with E-state index in [0.29, 0.717) is 31.4 Å². The molecule has 162 valence electrons. The molecule has 1 aliphatic carbocycles. The molecule has 1 saturated heterocycles. The highest BCUT2D eigenvalue weighted by molar-refractivity contribution is 5.69. The number of alkyl halides is 3. The summed E-state index contributed by atoms with van der Waals surface area (Å²) >= 11 is 0. The summed E-state index contributed by atoms with van der Waals surface area (Å²) in [6.07, 6.45) is 3.56. The van der Waals surface area contributed by atoms with Crippen molar-refractivity contribution in [3.8, 4) is 0 Å². The molecule has 1 aromatic rings. The number of nitrogens with zero attached hydrogens (tertiary/aromatic N) is 1. The van der Waals surface area contributed by atoms with Gasteiger partial charge in [-0.1, -0.05) is 44.2 Å². The molecule has 6 heteroatoms. The standard InChI is InChI=1S/C23H32F3NO2/c1-2-29-22(28)13-18-12-20(19-6-4-3-5-7-19)16-27(15-18)14-17-8-10-21(11-9-17)23(24,25)26/h8-11,18-20H,2-7,12-16H2,1H3. The molecule has 2 unspecified atom stereocenters. The second-order valence-electron chi connectivity index (χ2n) is 8.66. The quantitative estimate of drug-likeness (QED) is 0.564. The fourth-order valence-corrected chi connectivity index (χ4v) is 5.09. The van der Waals surface area contributed by atoms with Crippen LogP contribution in [0.2, 0.25) is 0 Å². The first-order chi connectivity index (χ1) is 13.8. The Hall–Kier alpha value is -1.56. The zero-order chi connectivity index (χ0) is 20.9. The molecular formula is C23H32F3NO2. The normalized spacial score (nSPS) is 24.4. The van der Waals surface area contributed by atoms with Gasteiger partial charge >= 0.3 is 12.1 Å². The van der Waals surface area contributed by atoms with E-state index in [1.165, 1.54) is 32.1 Å². The lowest BCUT2D eigenvalue weighted by molar-refractivity contribution is -0.145. The third-order valence-electron chi connectivity index (χ3n) is 6.41. The smallest absolute Gasteiger partial charge is 0.416 e. The van der Waals surface area contributed by atoms with Crippen LogP contribution in [0.4, 0.5) is 13.2 Å². The minimum Gasteiger partial charge on any atom is -0.466 e. The Labute approximate surface area is 171 Å². The van der Waals surface area contributed by atoms with E-state index < -0.39 is 11.7 Å². The van der Waals surface area contributed by atoms with Crippen molar-refractivity contribution in [2.24, 2.45) is 17.8 Å². The Balaban J connectivity index is 1.67. The second kappa shape index (κ2) is 9.96. The van der Waals surface area contributed by atoms with Gasteiger partial charge < -0.3 is 4.74 Å². The van der Waals surface area contributed by atoms with Crippen LogP contribution in [0.1, 0.15) is 63.0 Å². The van der Waals surface area contributed by atoms with Gasteiger partial charge in [0.2, 0.25) is 0 Å². The highest BCUT2D eigenvalue weighted by Crippen LogP contribution is 2.38. The summed E-state index contributed by atoms with van der Waals surface area (Å²) in [5, 5.41) is 0. The van der Waals surface area contributed by atoms with Crippen LogP contribution >= 0.6 is 0 Å². The van der Waals surface area contributed by atoms with Gasteiger partial charge in [-0.15, -0.1) is 0 Å². The molecule has 3 nitrogen and oxygen atoms in total. The van der Waals surface area contributed by atoms with E-state index in [1.54, 1.807) is 12.1 Å². The predicted molar refractivity (Wildman–Crippen MR) is 106 cm³/mol. The number of esters is 1. The van der Waals surface area contributed by atoms with Crippen LogP contribution in [0.15, 0.2) is 24.3 Å². The first-order valence-corrected chi connectivity index (χ1v) is 10.9. The van der Waals surface area contributed by atoms with Crippen molar-refractivity contribution in [2.45, 2.75) is 64.6 Å². The van der Waals surface area contributed by atoms with Crippen molar-refractivity contribution in [3.63, 3.8) is 0 Å². The molecule has 0 radical (unpaired) electrons. The van der Waals surface area contributed by atoms with Crippen LogP contribution in [0.25, 0.3) is 0 Å². The molecule has 1 aliphatic heterocycles. The van der Waals surface area contributed by atoms with Gasteiger partial charge in [0.25, 0.3) is 0 Å². The first kappa shape index (κ1) is 22.1. The summed E-state index contributed by atoms with van der Waals surface area (Å²) in [5.41, 5.74) is 0.275. The number of halogens is 3. The summed E-state index contributed by atoms with van der Waals surface area (Å²) in [7, 11) is 0. The van der Waals surface area contributed by atoms with E-state index in [9.17, 15) is 18.0 Å². The van der Waals surface area contributed by atoms with Crippen LogP contribution in [0.3, 0.4) is 0 Å². The summed E-state index contributed by atoms with van der Waals surface area (Å²) < 4.78 is 43.6. The monoisotopic (exact) mass is 411 g/mol. The maximum absolute atomic E-state index is 12.8. The zero-order valence-electron chi connectivity index (χ0n) is 17.2. The van der Waals surface area contributed by atoms with Crippen molar-refractivity contribution in [2.75, 3.05) is 19.7 Å². The summed E-state index contributed by atoms with van der Waals surface area (Å²) in [5.74, 6) is 1.36. The van der Waals surface area contributed by atoms with E-state index in [1.807, 2.05) is 6.92 Å². The van der Waals surface area contributed by atoms with Crippen LogP contribution in [0.5, 0.6) is 0 Å². The minimum atomic E-state index is -4.31. The Morgan fingerprint density at radius 1 is 1.07 bits per heavy atom. The third-order valence-corrected chi connectivity index (χ3v) is 6.41. The lowest BCUT2D eigenvalue weighted by Crippen LogP contribution is -2.43. The van der Waals surface area contributed by atoms with Crippen LogP contribution < -0.4 is 0 Å². The Morgan fingerprint density at radius 2 is 1.76 bits per heavy atom. The predicted octanol–water partition coefficient (Wildman–Crippen LogP) is 5.68. The largest absolute Gasteiger partial charge is 0.466 e. The van der Waals surface area contributed by atoms with E-state index in [0.717, 1.165) is 37.2 Å². The van der Waals surface area contributed by atoms with Crippen LogP contribution in [-0.2, 0) is 22.3 Å². The molecule has 2 aliphatic rings. The molecule has 0 N–H and O–H groups in total. The molecule has 2 fully saturated rings. The van der Waals surface area contributed by atoms with Gasteiger partial charge in [-0.3, -0.25) is 9.69 Å². The highest BCUT2D eigenvalue weighted by Gasteiger charge is 2.34. The zero-order valence-corrected chi connectivity index (χ0v) is 17.2. The maximum atomic E-state index is 12.8. The van der Waals surface area contributed by atoms with E-state index in [4.69, 9.17) is 4.74 Å². The lowest BCUT2D eigenvalue weighted by atomic mass is 9.73. The molecule has 0 amide bonds. The number of rotatable bonds is 6. The molecule has 1 aromatic carbocycles. The Kier molecular flexibility index (Phi) is 7.60. The van der Waals surface area contributed by atoms with Gasteiger partial charge in [0.1, 0.15) is 0 Å². The van der Waals surface area contributed by atoms with Gasteiger partial charge in [-0.25, -0.2) is 0 Å². The van der Waals surface area contributed by atoms with Gasteiger partial charge in [0.05, 0.1) is 12.2 Å². The molecule has 3 rings (SSSR count). The van der Waals surface area contributed by atoms with Crippen molar-refractivity contribution in [3.05, 3.63) is 35.4 Å². The number of ether oxygens (including phenoxy) is 1. The van der Waals surface area contributed by atoms with Crippen molar-refractivity contribution in [1.82, 2.24) is 4.90 Å². The number of likely N-dealkylation sites (tertiary alicyclic amines) is 1. The third kappa shape index (κ3) is 6.46. The molecule has 0 bridgehead atoms. The van der Waals surface area contributed by atoms with Crippen molar-refractivity contribution >= 4 is 5.97 Å². The van der Waals surface area contributed by atoms with Crippen LogP contribution in [0, 0.1) is 17.8 Å². The molecule has 0 spiro atoms. The molecule has 1 heterocycles. The van der Waals surface area contributed by atoms with E-state index in [-0.39, 0.29) is 11.9 Å². The van der Waals surface area contributed by atoms with E-state index >= 15 is 0 Å². The average Bonchev–Trinajstić information content (AvgIpc) is 2.68. The molecular weight excluding hydrogens is 379 g/mol. The Morgan fingerprint density at radius 3 is 2.38 bits per heavy atom. The van der Waals surface area contributed by atoms with Crippen molar-refractivity contribution < 1.29 is 22.7 Å². The summed E-state index contributed by atoms with van der Waals surface area (Å²) in [6, 6.07) is 5.47. The number of carbonyl (C=O) groups is 1. The number of hydrogen-bond acceptors (Lipinski definition) is 3. The number of piperidine rings is 1. The van der Waals surface area contributed by atoms with Crippen LogP contribution in [-0.4, -0.2) is 30.6 Å². The topological polar surface area (TPSA) is 29.5 Å². The fourth-order valence-electron chi connectivity index (χ4n) is 5.09. The molecule has 1 saturated carbocycles. The Bertz CT molecular complexity index is 653. The first-order valence-electron chi connectivity index (χ1n) is 10.9. The summed E-state index contributed by atoms with van der Waals surface area (Å²) in [4.78, 5) is 14.4. The summed E-state index contributed by atoms with van der Waals surface area (Å²) in [6.45, 7) is 4.60. The fraction of sp³-hybridized carbons (Fsp3) is 0.696. The minimum absolute atomic E-state index is 0.142. The number of benzene rings is 1. The molecule has 2 atom stereocenters. The SMILES string of the molecule is CCOC(=O)CC1CC(C2CCCCC2)CN(Cc2ccc(C(F)(F)F)cc2)C1. The van der Waals surface area contributed by atoms with Gasteiger partial charge in [-0.2, -0.15) is 13.2 Å². The average molecular weight is 412 g/mol. The number of hydrogen-bond donors (Lipinski definition) is 0. The van der Waals surface area contributed by atoms with Gasteiger partial charge in [0.15, 0.2) is 0 Å². The van der Waals surface area contributed by atoms with Crippen molar-refractivity contribution in [1.29, 1.82) is 0 Å².